The maximum Gasteiger partial charge on any atom is 0.126 e. The number of methoxy groups -OCH3 is 1. The molecule has 0 aromatic heterocycles. The van der Waals surface area contributed by atoms with Gasteiger partial charge in [-0.15, -0.1) is 0 Å². The van der Waals surface area contributed by atoms with Crippen LogP contribution in [0.2, 0.25) is 0 Å². The summed E-state index contributed by atoms with van der Waals surface area (Å²) in [6, 6.07) is 9.99. The van der Waals surface area contributed by atoms with Crippen molar-refractivity contribution in [1.82, 2.24) is 0 Å². The standard InChI is InChI=1S/C17H13NO2/c1-19-17-5-3-2-4-14(17)16-11-20-10-13-7-6-12(9-18)8-15(13)16/h2-8,10-11,15H,1H3. The summed E-state index contributed by atoms with van der Waals surface area (Å²) in [6.45, 7) is 0. The predicted octanol–water partition coefficient (Wildman–Crippen LogP) is 3.59. The molecule has 1 aromatic carbocycles. The van der Waals surface area contributed by atoms with Crippen LogP contribution in [0.4, 0.5) is 0 Å². The highest BCUT2D eigenvalue weighted by Crippen LogP contribution is 2.40. The Bertz CT molecular complexity index is 702. The number of nitriles is 1. The van der Waals surface area contributed by atoms with Crippen LogP contribution in [-0.2, 0) is 4.74 Å². The lowest BCUT2D eigenvalue weighted by atomic mass is 9.82. The van der Waals surface area contributed by atoms with Gasteiger partial charge in [-0.2, -0.15) is 5.26 Å². The molecule has 3 rings (SSSR count). The van der Waals surface area contributed by atoms with Crippen molar-refractivity contribution >= 4 is 5.57 Å². The van der Waals surface area contributed by atoms with Crippen LogP contribution in [0, 0.1) is 17.2 Å². The number of hydrogen-bond acceptors (Lipinski definition) is 3. The molecule has 0 spiro atoms. The fraction of sp³-hybridized carbons (Fsp3) is 0.118. The first kappa shape index (κ1) is 12.3. The molecule has 1 unspecified atom stereocenters. The summed E-state index contributed by atoms with van der Waals surface area (Å²) in [5, 5.41) is 9.07. The maximum atomic E-state index is 9.07. The molecule has 20 heavy (non-hydrogen) atoms. The maximum absolute atomic E-state index is 9.07. The Kier molecular flexibility index (Phi) is 3.14. The molecule has 98 valence electrons. The minimum atomic E-state index is 0.0275. The molecule has 1 aliphatic heterocycles. The lowest BCUT2D eigenvalue weighted by molar-refractivity contribution is 0.385. The van der Waals surface area contributed by atoms with Crippen molar-refractivity contribution in [2.45, 2.75) is 0 Å². The summed E-state index contributed by atoms with van der Waals surface area (Å²) < 4.78 is 10.8. The summed E-state index contributed by atoms with van der Waals surface area (Å²) in [5.74, 6) is 0.824. The van der Waals surface area contributed by atoms with E-state index < -0.39 is 0 Å². The van der Waals surface area contributed by atoms with Gasteiger partial charge in [0, 0.05) is 22.6 Å². The van der Waals surface area contributed by atoms with E-state index >= 15 is 0 Å². The molecule has 1 atom stereocenters. The SMILES string of the molecule is COc1ccccc1C1=COC=C2C=CC(C#N)=CC21. The molecule has 0 N–H and O–H groups in total. The number of rotatable bonds is 2. The number of allylic oxidation sites excluding steroid dienone is 6. The number of hydrogen-bond donors (Lipinski definition) is 0. The molecule has 3 heteroatoms. The first-order valence-corrected chi connectivity index (χ1v) is 6.32. The van der Waals surface area contributed by atoms with Crippen LogP contribution in [-0.4, -0.2) is 7.11 Å². The quantitative estimate of drug-likeness (QED) is 0.819. The summed E-state index contributed by atoms with van der Waals surface area (Å²) >= 11 is 0. The fourth-order valence-corrected chi connectivity index (χ4v) is 2.45. The van der Waals surface area contributed by atoms with Gasteiger partial charge in [-0.1, -0.05) is 30.4 Å². The zero-order valence-electron chi connectivity index (χ0n) is 11.0. The summed E-state index contributed by atoms with van der Waals surface area (Å²) in [4.78, 5) is 0. The minimum Gasteiger partial charge on any atom is -0.496 e. The van der Waals surface area contributed by atoms with Crippen molar-refractivity contribution in [3.8, 4) is 11.8 Å². The number of benzene rings is 1. The minimum absolute atomic E-state index is 0.0275. The third-order valence-corrected chi connectivity index (χ3v) is 3.44. The monoisotopic (exact) mass is 263 g/mol. The zero-order valence-corrected chi connectivity index (χ0v) is 11.0. The van der Waals surface area contributed by atoms with E-state index in [1.54, 1.807) is 25.7 Å². The van der Waals surface area contributed by atoms with Gasteiger partial charge in [0.25, 0.3) is 0 Å². The molecule has 2 aliphatic rings. The van der Waals surface area contributed by atoms with E-state index in [-0.39, 0.29) is 5.92 Å². The Morgan fingerprint density at radius 3 is 2.85 bits per heavy atom. The Labute approximate surface area is 117 Å². The predicted molar refractivity (Wildman–Crippen MR) is 76.5 cm³/mol. The Morgan fingerprint density at radius 2 is 2.05 bits per heavy atom. The van der Waals surface area contributed by atoms with Gasteiger partial charge in [-0.05, 0) is 17.7 Å². The highest BCUT2D eigenvalue weighted by Gasteiger charge is 2.25. The van der Waals surface area contributed by atoms with Crippen LogP contribution < -0.4 is 4.74 Å². The lowest BCUT2D eigenvalue weighted by Gasteiger charge is -2.25. The second-order valence-corrected chi connectivity index (χ2v) is 4.57. The van der Waals surface area contributed by atoms with Gasteiger partial charge < -0.3 is 9.47 Å². The first-order chi connectivity index (χ1) is 9.83. The van der Waals surface area contributed by atoms with Gasteiger partial charge in [0.1, 0.15) is 5.75 Å². The van der Waals surface area contributed by atoms with Crippen LogP contribution in [0.1, 0.15) is 5.56 Å². The number of nitrogens with zero attached hydrogens (tertiary/aromatic N) is 1. The van der Waals surface area contributed by atoms with Crippen molar-refractivity contribution in [1.29, 1.82) is 5.26 Å². The van der Waals surface area contributed by atoms with Crippen LogP contribution in [0.3, 0.4) is 0 Å². The van der Waals surface area contributed by atoms with Crippen molar-refractivity contribution in [3.05, 3.63) is 71.7 Å². The molecule has 1 heterocycles. The van der Waals surface area contributed by atoms with Crippen LogP contribution in [0.5, 0.6) is 5.75 Å². The van der Waals surface area contributed by atoms with Gasteiger partial charge in [-0.3, -0.25) is 0 Å². The lowest BCUT2D eigenvalue weighted by Crippen LogP contribution is -2.11. The molecule has 0 radical (unpaired) electrons. The van der Waals surface area contributed by atoms with Crippen LogP contribution >= 0.6 is 0 Å². The molecule has 0 amide bonds. The van der Waals surface area contributed by atoms with Gasteiger partial charge in [0.2, 0.25) is 0 Å². The van der Waals surface area contributed by atoms with Crippen molar-refractivity contribution in [2.24, 2.45) is 5.92 Å². The third kappa shape index (κ3) is 2.02. The molecule has 1 aromatic rings. The van der Waals surface area contributed by atoms with Crippen LogP contribution in [0.25, 0.3) is 5.57 Å². The second-order valence-electron chi connectivity index (χ2n) is 4.57. The van der Waals surface area contributed by atoms with E-state index in [4.69, 9.17) is 14.7 Å². The van der Waals surface area contributed by atoms with Gasteiger partial charge >= 0.3 is 0 Å². The normalized spacial score (nSPS) is 19.8. The van der Waals surface area contributed by atoms with Crippen LogP contribution in [0.15, 0.2) is 66.2 Å². The highest BCUT2D eigenvalue weighted by atomic mass is 16.5. The first-order valence-electron chi connectivity index (χ1n) is 6.32. The molecule has 0 saturated heterocycles. The van der Waals surface area contributed by atoms with E-state index in [1.165, 1.54) is 0 Å². The summed E-state index contributed by atoms with van der Waals surface area (Å²) in [7, 11) is 1.65. The van der Waals surface area contributed by atoms with Crippen molar-refractivity contribution in [2.75, 3.05) is 7.11 Å². The molecular formula is C17H13NO2. The van der Waals surface area contributed by atoms with Gasteiger partial charge in [-0.25, -0.2) is 0 Å². The molecule has 1 aliphatic carbocycles. The Morgan fingerprint density at radius 1 is 1.20 bits per heavy atom. The summed E-state index contributed by atoms with van der Waals surface area (Å²) in [5.41, 5.74) is 3.67. The Balaban J connectivity index is 2.07. The molecular weight excluding hydrogens is 250 g/mol. The van der Waals surface area contributed by atoms with E-state index in [0.29, 0.717) is 5.57 Å². The van der Waals surface area contributed by atoms with E-state index in [1.807, 2.05) is 36.4 Å². The molecule has 0 fully saturated rings. The third-order valence-electron chi connectivity index (χ3n) is 3.44. The van der Waals surface area contributed by atoms with Crippen molar-refractivity contribution in [3.63, 3.8) is 0 Å². The molecule has 3 nitrogen and oxygen atoms in total. The van der Waals surface area contributed by atoms with E-state index in [2.05, 4.69) is 6.07 Å². The molecule has 0 saturated carbocycles. The number of fused-ring (bicyclic) bond motifs is 1. The summed E-state index contributed by atoms with van der Waals surface area (Å²) in [6.07, 6.45) is 9.11. The van der Waals surface area contributed by atoms with Crippen molar-refractivity contribution < 1.29 is 9.47 Å². The fourth-order valence-electron chi connectivity index (χ4n) is 2.45. The van der Waals surface area contributed by atoms with Gasteiger partial charge in [0.15, 0.2) is 0 Å². The average Bonchev–Trinajstić information content (AvgIpc) is 2.53. The Hall–Kier alpha value is -2.73. The topological polar surface area (TPSA) is 42.2 Å². The largest absolute Gasteiger partial charge is 0.496 e. The number of para-hydroxylation sites is 1. The zero-order chi connectivity index (χ0) is 13.9. The smallest absolute Gasteiger partial charge is 0.126 e. The number of ether oxygens (including phenoxy) is 2. The second kappa shape index (κ2) is 5.10. The molecule has 0 bridgehead atoms. The van der Waals surface area contributed by atoms with E-state index in [0.717, 1.165) is 22.5 Å². The van der Waals surface area contributed by atoms with Gasteiger partial charge in [0.05, 0.1) is 25.7 Å². The average molecular weight is 263 g/mol. The van der Waals surface area contributed by atoms with E-state index in [9.17, 15) is 0 Å². The highest BCUT2D eigenvalue weighted by molar-refractivity contribution is 5.77.